The van der Waals surface area contributed by atoms with Crippen LogP contribution in [0.15, 0.2) is 24.3 Å². The van der Waals surface area contributed by atoms with Crippen LogP contribution < -0.4 is 5.32 Å². The van der Waals surface area contributed by atoms with Gasteiger partial charge in [0.25, 0.3) is 0 Å². The molecule has 0 saturated heterocycles. The maximum Gasteiger partial charge on any atom is 0.305 e. The number of anilines is 1. The zero-order valence-corrected chi connectivity index (χ0v) is 13.0. The van der Waals surface area contributed by atoms with Crippen molar-refractivity contribution in [3.8, 4) is 0 Å². The van der Waals surface area contributed by atoms with Crippen LogP contribution in [0.5, 0.6) is 0 Å². The van der Waals surface area contributed by atoms with E-state index in [9.17, 15) is 14.4 Å². The Morgan fingerprint density at radius 2 is 1.77 bits per heavy atom. The van der Waals surface area contributed by atoms with E-state index in [4.69, 9.17) is 5.11 Å². The van der Waals surface area contributed by atoms with Gasteiger partial charge in [0.05, 0.1) is 6.42 Å². The Morgan fingerprint density at radius 1 is 1.14 bits per heavy atom. The van der Waals surface area contributed by atoms with Crippen molar-refractivity contribution in [1.82, 2.24) is 4.90 Å². The van der Waals surface area contributed by atoms with Crippen LogP contribution in [0.3, 0.4) is 0 Å². The highest BCUT2D eigenvalue weighted by Crippen LogP contribution is 2.12. The molecule has 0 aliphatic carbocycles. The minimum Gasteiger partial charge on any atom is -0.481 e. The Morgan fingerprint density at radius 3 is 2.32 bits per heavy atom. The van der Waals surface area contributed by atoms with Crippen molar-refractivity contribution < 1.29 is 19.5 Å². The Hall–Kier alpha value is -2.37. The molecule has 0 atom stereocenters. The first-order valence-corrected chi connectivity index (χ1v) is 7.21. The number of hydrogen-bond acceptors (Lipinski definition) is 3. The van der Waals surface area contributed by atoms with Gasteiger partial charge in [-0.25, -0.2) is 0 Å². The molecular weight excluding hydrogens is 284 g/mol. The summed E-state index contributed by atoms with van der Waals surface area (Å²) < 4.78 is 0. The van der Waals surface area contributed by atoms with E-state index in [0.717, 1.165) is 17.7 Å². The molecule has 0 aliphatic heterocycles. The van der Waals surface area contributed by atoms with Gasteiger partial charge in [-0.3, -0.25) is 14.4 Å². The number of nitrogens with one attached hydrogen (secondary N) is 1. The fraction of sp³-hybridized carbons (Fsp3) is 0.438. The third-order valence-electron chi connectivity index (χ3n) is 3.22. The normalized spacial score (nSPS) is 10.1. The Labute approximate surface area is 130 Å². The van der Waals surface area contributed by atoms with Gasteiger partial charge in [0.2, 0.25) is 11.8 Å². The van der Waals surface area contributed by atoms with Crippen molar-refractivity contribution in [3.63, 3.8) is 0 Å². The summed E-state index contributed by atoms with van der Waals surface area (Å²) in [6, 6.07) is 7.50. The first kappa shape index (κ1) is 17.7. The molecule has 0 aliphatic rings. The first-order chi connectivity index (χ1) is 10.4. The second-order valence-corrected chi connectivity index (χ2v) is 5.19. The minimum absolute atomic E-state index is 0.0349. The van der Waals surface area contributed by atoms with Crippen LogP contribution in [-0.2, 0) is 20.8 Å². The Kier molecular flexibility index (Phi) is 7.08. The number of rotatable bonds is 8. The molecule has 2 N–H and O–H groups in total. The highest BCUT2D eigenvalue weighted by molar-refractivity contribution is 5.88. The lowest BCUT2D eigenvalue weighted by atomic mass is 10.1. The van der Waals surface area contributed by atoms with E-state index in [1.54, 1.807) is 7.05 Å². The molecule has 1 rings (SSSR count). The molecule has 0 heterocycles. The molecule has 0 aromatic heterocycles. The number of nitrogens with zero attached hydrogens (tertiary/aromatic N) is 1. The number of hydrogen-bond donors (Lipinski definition) is 2. The summed E-state index contributed by atoms with van der Waals surface area (Å²) in [7, 11) is 1.62. The molecule has 120 valence electrons. The van der Waals surface area contributed by atoms with Crippen molar-refractivity contribution in [2.45, 2.75) is 32.6 Å². The van der Waals surface area contributed by atoms with E-state index in [2.05, 4.69) is 5.32 Å². The number of amides is 2. The summed E-state index contributed by atoms with van der Waals surface area (Å²) in [5, 5.41) is 11.3. The molecule has 0 spiro atoms. The summed E-state index contributed by atoms with van der Waals surface area (Å²) in [5.74, 6) is -1.06. The minimum atomic E-state index is -0.904. The molecule has 6 heteroatoms. The quantitative estimate of drug-likeness (QED) is 0.768. The third kappa shape index (κ3) is 6.88. The lowest BCUT2D eigenvalue weighted by molar-refractivity contribution is -0.138. The van der Waals surface area contributed by atoms with Crippen LogP contribution in [0.2, 0.25) is 0 Å². The summed E-state index contributed by atoms with van der Waals surface area (Å²) in [6.45, 7) is 1.69. The largest absolute Gasteiger partial charge is 0.481 e. The standard InChI is InChI=1S/C16H22N2O4/c1-12(19)17-14-8-6-13(7-9-14)4-3-5-15(20)18(2)11-10-16(21)22/h6-9H,3-5,10-11H2,1-2H3,(H,17,19)(H,21,22). The zero-order chi connectivity index (χ0) is 16.5. The molecule has 6 nitrogen and oxygen atoms in total. The van der Waals surface area contributed by atoms with Gasteiger partial charge in [-0.1, -0.05) is 12.1 Å². The van der Waals surface area contributed by atoms with Crippen molar-refractivity contribution in [2.24, 2.45) is 0 Å². The van der Waals surface area contributed by atoms with E-state index in [-0.39, 0.29) is 24.8 Å². The van der Waals surface area contributed by atoms with Crippen LogP contribution in [-0.4, -0.2) is 41.4 Å². The summed E-state index contributed by atoms with van der Waals surface area (Å²) in [6.07, 6.45) is 1.82. The van der Waals surface area contributed by atoms with Crippen molar-refractivity contribution in [1.29, 1.82) is 0 Å². The van der Waals surface area contributed by atoms with Gasteiger partial charge < -0.3 is 15.3 Å². The molecule has 1 aromatic rings. The molecule has 0 radical (unpaired) electrons. The van der Waals surface area contributed by atoms with Gasteiger partial charge >= 0.3 is 5.97 Å². The predicted octanol–water partition coefficient (Wildman–Crippen LogP) is 1.90. The molecule has 0 fully saturated rings. The number of carboxylic acid groups (broad SMARTS) is 1. The number of carbonyl (C=O) groups is 3. The number of aryl methyl sites for hydroxylation is 1. The maximum atomic E-state index is 11.8. The smallest absolute Gasteiger partial charge is 0.305 e. The van der Waals surface area contributed by atoms with Crippen LogP contribution in [0, 0.1) is 0 Å². The fourth-order valence-electron chi connectivity index (χ4n) is 1.98. The molecule has 1 aromatic carbocycles. The van der Waals surface area contributed by atoms with Gasteiger partial charge in [-0.05, 0) is 30.5 Å². The lowest BCUT2D eigenvalue weighted by Crippen LogP contribution is -2.28. The second-order valence-electron chi connectivity index (χ2n) is 5.19. The summed E-state index contributed by atoms with van der Waals surface area (Å²) >= 11 is 0. The maximum absolute atomic E-state index is 11.8. The SMILES string of the molecule is CC(=O)Nc1ccc(CCCC(=O)N(C)CCC(=O)O)cc1. The van der Waals surface area contributed by atoms with Crippen molar-refractivity contribution >= 4 is 23.5 Å². The van der Waals surface area contributed by atoms with Crippen LogP contribution in [0.4, 0.5) is 5.69 Å². The molecule has 22 heavy (non-hydrogen) atoms. The highest BCUT2D eigenvalue weighted by Gasteiger charge is 2.09. The van der Waals surface area contributed by atoms with Gasteiger partial charge in [0, 0.05) is 32.6 Å². The molecule has 2 amide bonds. The van der Waals surface area contributed by atoms with E-state index < -0.39 is 5.97 Å². The van der Waals surface area contributed by atoms with Crippen LogP contribution in [0.25, 0.3) is 0 Å². The Balaban J connectivity index is 2.32. The van der Waals surface area contributed by atoms with Gasteiger partial charge in [-0.2, -0.15) is 0 Å². The van der Waals surface area contributed by atoms with E-state index in [1.165, 1.54) is 11.8 Å². The van der Waals surface area contributed by atoms with E-state index in [0.29, 0.717) is 12.8 Å². The van der Waals surface area contributed by atoms with Crippen LogP contribution in [0.1, 0.15) is 31.7 Å². The average molecular weight is 306 g/mol. The van der Waals surface area contributed by atoms with Crippen LogP contribution >= 0.6 is 0 Å². The van der Waals surface area contributed by atoms with E-state index in [1.807, 2.05) is 24.3 Å². The predicted molar refractivity (Wildman–Crippen MR) is 83.6 cm³/mol. The van der Waals surface area contributed by atoms with Crippen molar-refractivity contribution in [2.75, 3.05) is 18.9 Å². The molecule has 0 bridgehead atoms. The summed E-state index contributed by atoms with van der Waals surface area (Å²) in [4.78, 5) is 34.6. The Bertz CT molecular complexity index is 525. The van der Waals surface area contributed by atoms with Gasteiger partial charge in [0.1, 0.15) is 0 Å². The number of aliphatic carboxylic acids is 1. The molecule has 0 saturated carbocycles. The molecule has 0 unspecified atom stereocenters. The lowest BCUT2D eigenvalue weighted by Gasteiger charge is -2.15. The number of carboxylic acids is 1. The highest BCUT2D eigenvalue weighted by atomic mass is 16.4. The van der Waals surface area contributed by atoms with Gasteiger partial charge in [-0.15, -0.1) is 0 Å². The molecular formula is C16H22N2O4. The first-order valence-electron chi connectivity index (χ1n) is 7.21. The number of benzene rings is 1. The number of carbonyl (C=O) groups excluding carboxylic acids is 2. The average Bonchev–Trinajstić information content (AvgIpc) is 2.45. The van der Waals surface area contributed by atoms with E-state index >= 15 is 0 Å². The zero-order valence-electron chi connectivity index (χ0n) is 13.0. The second kappa shape index (κ2) is 8.81. The summed E-state index contributed by atoms with van der Waals surface area (Å²) in [5.41, 5.74) is 1.84. The third-order valence-corrected chi connectivity index (χ3v) is 3.22. The monoisotopic (exact) mass is 306 g/mol. The van der Waals surface area contributed by atoms with Crippen molar-refractivity contribution in [3.05, 3.63) is 29.8 Å². The topological polar surface area (TPSA) is 86.7 Å². The fourth-order valence-corrected chi connectivity index (χ4v) is 1.98. The van der Waals surface area contributed by atoms with Gasteiger partial charge in [0.15, 0.2) is 0 Å².